The number of para-hydroxylation sites is 2. The summed E-state index contributed by atoms with van der Waals surface area (Å²) in [6.45, 7) is 3.97. The molecule has 4 aromatic carbocycles. The van der Waals surface area contributed by atoms with Gasteiger partial charge in [-0.1, -0.05) is 54.6 Å². The molecule has 0 aliphatic carbocycles. The molecular formula is C30H27N3O3S2. The Morgan fingerprint density at radius 2 is 1.53 bits per heavy atom. The van der Waals surface area contributed by atoms with E-state index in [1.165, 1.54) is 16.4 Å². The normalized spacial score (nSPS) is 11.8. The summed E-state index contributed by atoms with van der Waals surface area (Å²) in [6, 6.07) is 30.8. The standard InChI is InChI=1S/C30H27N3O3S2/c1-21(2)33(20-22-10-4-3-5-11-22)38(35,36)24-18-16-23(17-19-24)29(34)31-26-13-7-6-12-25(26)30-32-27-14-8-9-15-28(27)37-30/h3-19,21H,20H2,1-2H3,(H,31,34). The topological polar surface area (TPSA) is 79.4 Å². The zero-order valence-corrected chi connectivity index (χ0v) is 22.7. The zero-order valence-electron chi connectivity index (χ0n) is 21.0. The van der Waals surface area contributed by atoms with Gasteiger partial charge in [0, 0.05) is 23.7 Å². The maximum absolute atomic E-state index is 13.4. The Morgan fingerprint density at radius 3 is 2.24 bits per heavy atom. The molecule has 38 heavy (non-hydrogen) atoms. The number of anilines is 1. The van der Waals surface area contributed by atoms with Crippen LogP contribution in [0.15, 0.2) is 108 Å². The number of amides is 1. The van der Waals surface area contributed by atoms with Gasteiger partial charge in [-0.05, 0) is 67.9 Å². The highest BCUT2D eigenvalue weighted by Gasteiger charge is 2.27. The Labute approximate surface area is 226 Å². The number of nitrogens with one attached hydrogen (secondary N) is 1. The number of thiazole rings is 1. The number of fused-ring (bicyclic) bond motifs is 1. The van der Waals surface area contributed by atoms with Gasteiger partial charge in [-0.25, -0.2) is 13.4 Å². The van der Waals surface area contributed by atoms with Gasteiger partial charge in [0.15, 0.2) is 0 Å². The first-order valence-electron chi connectivity index (χ1n) is 12.2. The van der Waals surface area contributed by atoms with E-state index in [0.29, 0.717) is 11.3 Å². The molecule has 1 N–H and O–H groups in total. The predicted molar refractivity (Wildman–Crippen MR) is 154 cm³/mol. The summed E-state index contributed by atoms with van der Waals surface area (Å²) in [5.74, 6) is -0.326. The van der Waals surface area contributed by atoms with Gasteiger partial charge in [-0.2, -0.15) is 4.31 Å². The summed E-state index contributed by atoms with van der Waals surface area (Å²) in [5.41, 5.74) is 3.65. The van der Waals surface area contributed by atoms with Crippen LogP contribution in [0.25, 0.3) is 20.8 Å². The van der Waals surface area contributed by atoms with Crippen molar-refractivity contribution in [2.75, 3.05) is 5.32 Å². The van der Waals surface area contributed by atoms with Gasteiger partial charge in [0.25, 0.3) is 5.91 Å². The van der Waals surface area contributed by atoms with E-state index in [-0.39, 0.29) is 23.4 Å². The number of rotatable bonds is 8. The second kappa shape index (κ2) is 10.9. The number of hydrogen-bond acceptors (Lipinski definition) is 5. The summed E-state index contributed by atoms with van der Waals surface area (Å²) in [5, 5.41) is 3.78. The lowest BCUT2D eigenvalue weighted by Gasteiger charge is -2.26. The highest BCUT2D eigenvalue weighted by atomic mass is 32.2. The van der Waals surface area contributed by atoms with Crippen LogP contribution in [0, 0.1) is 0 Å². The second-order valence-electron chi connectivity index (χ2n) is 9.14. The molecular weight excluding hydrogens is 514 g/mol. The van der Waals surface area contributed by atoms with Crippen molar-refractivity contribution >= 4 is 43.2 Å². The van der Waals surface area contributed by atoms with Crippen molar-refractivity contribution in [3.8, 4) is 10.6 Å². The second-order valence-corrected chi connectivity index (χ2v) is 12.1. The van der Waals surface area contributed by atoms with Crippen molar-refractivity contribution in [2.45, 2.75) is 31.3 Å². The maximum atomic E-state index is 13.4. The number of nitrogens with zero attached hydrogens (tertiary/aromatic N) is 2. The molecule has 0 atom stereocenters. The van der Waals surface area contributed by atoms with Crippen LogP contribution in [0.4, 0.5) is 5.69 Å². The molecule has 1 heterocycles. The van der Waals surface area contributed by atoms with Crippen molar-refractivity contribution in [1.29, 1.82) is 0 Å². The van der Waals surface area contributed by atoms with E-state index < -0.39 is 10.0 Å². The Kier molecular flexibility index (Phi) is 7.37. The lowest BCUT2D eigenvalue weighted by molar-refractivity contribution is 0.102. The van der Waals surface area contributed by atoms with Crippen molar-refractivity contribution < 1.29 is 13.2 Å². The van der Waals surface area contributed by atoms with Crippen LogP contribution in [0.2, 0.25) is 0 Å². The lowest BCUT2D eigenvalue weighted by Crippen LogP contribution is -2.36. The van der Waals surface area contributed by atoms with Gasteiger partial charge in [0.1, 0.15) is 5.01 Å². The number of aromatic nitrogens is 1. The van der Waals surface area contributed by atoms with E-state index in [0.717, 1.165) is 26.4 Å². The third-order valence-corrected chi connectivity index (χ3v) is 9.29. The molecule has 0 saturated carbocycles. The van der Waals surface area contributed by atoms with Crippen molar-refractivity contribution in [3.05, 3.63) is 114 Å². The molecule has 8 heteroatoms. The number of sulfonamides is 1. The Balaban J connectivity index is 1.36. The molecule has 0 aliphatic heterocycles. The Bertz CT molecular complexity index is 1650. The molecule has 0 fully saturated rings. The maximum Gasteiger partial charge on any atom is 0.255 e. The summed E-state index contributed by atoms with van der Waals surface area (Å²) >= 11 is 1.56. The lowest BCUT2D eigenvalue weighted by atomic mass is 10.1. The first-order chi connectivity index (χ1) is 18.3. The van der Waals surface area contributed by atoms with Crippen LogP contribution in [0.5, 0.6) is 0 Å². The Hall–Kier alpha value is -3.85. The summed E-state index contributed by atoms with van der Waals surface area (Å²) < 4.78 is 29.4. The summed E-state index contributed by atoms with van der Waals surface area (Å²) in [7, 11) is -3.76. The van der Waals surface area contributed by atoms with Crippen LogP contribution in [-0.2, 0) is 16.6 Å². The Morgan fingerprint density at radius 1 is 0.868 bits per heavy atom. The first kappa shape index (κ1) is 25.8. The molecule has 5 rings (SSSR count). The molecule has 0 bridgehead atoms. The van der Waals surface area contributed by atoms with Crippen molar-refractivity contribution in [1.82, 2.24) is 9.29 Å². The van der Waals surface area contributed by atoms with Crippen molar-refractivity contribution in [2.24, 2.45) is 0 Å². The molecule has 0 unspecified atom stereocenters. The smallest absolute Gasteiger partial charge is 0.255 e. The highest BCUT2D eigenvalue weighted by molar-refractivity contribution is 7.89. The molecule has 0 aliphatic rings. The fraction of sp³-hybridized carbons (Fsp3) is 0.133. The molecule has 0 spiro atoms. The van der Waals surface area contributed by atoms with E-state index in [4.69, 9.17) is 4.98 Å². The predicted octanol–water partition coefficient (Wildman–Crippen LogP) is 6.81. The van der Waals surface area contributed by atoms with Crippen LogP contribution in [-0.4, -0.2) is 29.7 Å². The number of benzene rings is 4. The van der Waals surface area contributed by atoms with Crippen molar-refractivity contribution in [3.63, 3.8) is 0 Å². The summed E-state index contributed by atoms with van der Waals surface area (Å²) in [6.07, 6.45) is 0. The fourth-order valence-corrected chi connectivity index (χ4v) is 6.81. The number of carbonyl (C=O) groups is 1. The molecule has 6 nitrogen and oxygen atoms in total. The van der Waals surface area contributed by atoms with Gasteiger partial charge >= 0.3 is 0 Å². The molecule has 1 amide bonds. The summed E-state index contributed by atoms with van der Waals surface area (Å²) in [4.78, 5) is 18.0. The van der Waals surface area contributed by atoms with Crippen LogP contribution < -0.4 is 5.32 Å². The van der Waals surface area contributed by atoms with E-state index >= 15 is 0 Å². The van der Waals surface area contributed by atoms with E-state index in [1.807, 2.05) is 92.7 Å². The van der Waals surface area contributed by atoms with Gasteiger partial charge in [-0.3, -0.25) is 4.79 Å². The number of hydrogen-bond donors (Lipinski definition) is 1. The van der Waals surface area contributed by atoms with E-state index in [2.05, 4.69) is 5.32 Å². The van der Waals surface area contributed by atoms with Gasteiger partial charge < -0.3 is 5.32 Å². The third kappa shape index (κ3) is 5.38. The average Bonchev–Trinajstić information content (AvgIpc) is 3.36. The molecule has 5 aromatic rings. The van der Waals surface area contributed by atoms with Gasteiger partial charge in [0.2, 0.25) is 10.0 Å². The van der Waals surface area contributed by atoms with Gasteiger partial charge in [-0.15, -0.1) is 11.3 Å². The molecule has 192 valence electrons. The van der Waals surface area contributed by atoms with E-state index in [9.17, 15) is 13.2 Å². The average molecular weight is 542 g/mol. The third-order valence-electron chi connectivity index (χ3n) is 6.18. The quantitative estimate of drug-likeness (QED) is 0.234. The molecule has 0 saturated heterocycles. The molecule has 1 aromatic heterocycles. The minimum absolute atomic E-state index is 0.147. The zero-order chi connectivity index (χ0) is 26.7. The number of carbonyl (C=O) groups excluding carboxylic acids is 1. The largest absolute Gasteiger partial charge is 0.321 e. The van der Waals surface area contributed by atoms with Crippen LogP contribution in [0.1, 0.15) is 29.8 Å². The first-order valence-corrected chi connectivity index (χ1v) is 14.5. The minimum atomic E-state index is -3.76. The SMILES string of the molecule is CC(C)N(Cc1ccccc1)S(=O)(=O)c1ccc(C(=O)Nc2ccccc2-c2nc3ccccc3s2)cc1. The minimum Gasteiger partial charge on any atom is -0.321 e. The van der Waals surface area contributed by atoms with Crippen LogP contribution in [0.3, 0.4) is 0 Å². The highest BCUT2D eigenvalue weighted by Crippen LogP contribution is 2.34. The fourth-order valence-electron chi connectivity index (χ4n) is 4.18. The van der Waals surface area contributed by atoms with E-state index in [1.54, 1.807) is 23.5 Å². The van der Waals surface area contributed by atoms with Gasteiger partial charge in [0.05, 0.1) is 20.8 Å². The van der Waals surface area contributed by atoms with Crippen LogP contribution >= 0.6 is 11.3 Å². The monoisotopic (exact) mass is 541 g/mol. The molecule has 0 radical (unpaired) electrons.